The molecule has 30 heavy (non-hydrogen) atoms. The molecular weight excluding hydrogens is 380 g/mol. The first-order valence-electron chi connectivity index (χ1n) is 9.55. The summed E-state index contributed by atoms with van der Waals surface area (Å²) in [7, 11) is 3.17. The number of hydrogen-bond donors (Lipinski definition) is 1. The predicted molar refractivity (Wildman–Crippen MR) is 117 cm³/mol. The van der Waals surface area contributed by atoms with Crippen molar-refractivity contribution in [3.8, 4) is 17.3 Å². The largest absolute Gasteiger partial charge is 0.497 e. The maximum absolute atomic E-state index is 12.7. The van der Waals surface area contributed by atoms with Crippen molar-refractivity contribution in [2.24, 2.45) is 0 Å². The first kappa shape index (κ1) is 21.1. The zero-order chi connectivity index (χ0) is 21.7. The van der Waals surface area contributed by atoms with Crippen LogP contribution >= 0.6 is 0 Å². The Kier molecular flexibility index (Phi) is 6.20. The third kappa shape index (κ3) is 4.86. The predicted octanol–water partition coefficient (Wildman–Crippen LogP) is 4.23. The quantitative estimate of drug-likeness (QED) is 0.620. The van der Waals surface area contributed by atoms with Crippen LogP contribution in [0.1, 0.15) is 32.0 Å². The molecule has 2 aromatic heterocycles. The van der Waals surface area contributed by atoms with Gasteiger partial charge in [-0.1, -0.05) is 26.8 Å². The number of nitrogens with one attached hydrogen (secondary N) is 1. The van der Waals surface area contributed by atoms with Gasteiger partial charge in [-0.2, -0.15) is 9.78 Å². The highest BCUT2D eigenvalue weighted by Gasteiger charge is 2.21. The second-order valence-electron chi connectivity index (χ2n) is 7.70. The number of amides is 1. The highest BCUT2D eigenvalue weighted by atomic mass is 16.5. The van der Waals surface area contributed by atoms with Crippen molar-refractivity contribution in [2.45, 2.75) is 26.2 Å². The molecule has 0 saturated carbocycles. The Hall–Kier alpha value is -3.61. The van der Waals surface area contributed by atoms with Gasteiger partial charge >= 0.3 is 0 Å². The molecule has 7 nitrogen and oxygen atoms in total. The average molecular weight is 406 g/mol. The summed E-state index contributed by atoms with van der Waals surface area (Å²) in [6, 6.07) is 12.8. The number of carbonyl (C=O) groups excluding carboxylic acids is 1. The molecule has 3 aromatic rings. The summed E-state index contributed by atoms with van der Waals surface area (Å²) in [5.41, 5.74) is 1.41. The van der Waals surface area contributed by atoms with Crippen molar-refractivity contribution in [1.29, 1.82) is 0 Å². The Bertz CT molecular complexity index is 1050. The van der Waals surface area contributed by atoms with Gasteiger partial charge in [-0.05, 0) is 36.4 Å². The van der Waals surface area contributed by atoms with E-state index in [1.807, 2.05) is 24.3 Å². The van der Waals surface area contributed by atoms with Crippen molar-refractivity contribution < 1.29 is 14.3 Å². The van der Waals surface area contributed by atoms with Crippen molar-refractivity contribution >= 4 is 17.8 Å². The Morgan fingerprint density at radius 1 is 1.10 bits per heavy atom. The van der Waals surface area contributed by atoms with Crippen LogP contribution in [0.3, 0.4) is 0 Å². The maximum atomic E-state index is 12.7. The highest BCUT2D eigenvalue weighted by Crippen LogP contribution is 2.27. The van der Waals surface area contributed by atoms with E-state index in [4.69, 9.17) is 9.47 Å². The molecule has 3 rings (SSSR count). The lowest BCUT2D eigenvalue weighted by Crippen LogP contribution is -2.14. The zero-order valence-corrected chi connectivity index (χ0v) is 17.8. The number of hydrogen-bond acceptors (Lipinski definition) is 5. The Morgan fingerprint density at radius 2 is 1.90 bits per heavy atom. The van der Waals surface area contributed by atoms with Crippen molar-refractivity contribution in [3.63, 3.8) is 0 Å². The molecule has 0 fully saturated rings. The fourth-order valence-corrected chi connectivity index (χ4v) is 2.79. The lowest BCUT2D eigenvalue weighted by Gasteiger charge is -2.13. The van der Waals surface area contributed by atoms with Crippen LogP contribution in [-0.4, -0.2) is 34.9 Å². The molecule has 0 aliphatic rings. The molecular formula is C23H26N4O3. The van der Waals surface area contributed by atoms with Crippen molar-refractivity contribution in [1.82, 2.24) is 14.8 Å². The van der Waals surface area contributed by atoms with Gasteiger partial charge in [0.15, 0.2) is 5.82 Å². The lowest BCUT2D eigenvalue weighted by atomic mass is 9.92. The Morgan fingerprint density at radius 3 is 2.53 bits per heavy atom. The molecule has 0 bridgehead atoms. The van der Waals surface area contributed by atoms with Gasteiger partial charge in [0.2, 0.25) is 5.91 Å². The summed E-state index contributed by atoms with van der Waals surface area (Å²) in [6.45, 7) is 6.20. The fourth-order valence-electron chi connectivity index (χ4n) is 2.79. The lowest BCUT2D eigenvalue weighted by molar-refractivity contribution is -0.111. The molecule has 7 heteroatoms. The molecule has 0 unspecified atom stereocenters. The summed E-state index contributed by atoms with van der Waals surface area (Å²) in [5, 5.41) is 7.55. The van der Waals surface area contributed by atoms with E-state index in [1.54, 1.807) is 49.4 Å². The van der Waals surface area contributed by atoms with Crippen LogP contribution in [0.15, 0.2) is 54.7 Å². The molecule has 2 heterocycles. The van der Waals surface area contributed by atoms with Crippen molar-refractivity contribution in [3.05, 3.63) is 66.0 Å². The number of aromatic nitrogens is 3. The topological polar surface area (TPSA) is 78.3 Å². The molecule has 1 N–H and O–H groups in total. The van der Waals surface area contributed by atoms with Crippen LogP contribution in [0.4, 0.5) is 5.82 Å². The molecule has 0 atom stereocenters. The minimum atomic E-state index is -0.294. The summed E-state index contributed by atoms with van der Waals surface area (Å²) in [4.78, 5) is 17.0. The average Bonchev–Trinajstić information content (AvgIpc) is 3.17. The van der Waals surface area contributed by atoms with Gasteiger partial charge in [0.1, 0.15) is 17.3 Å². The third-order valence-electron chi connectivity index (χ3n) is 4.45. The molecule has 1 aromatic carbocycles. The summed E-state index contributed by atoms with van der Waals surface area (Å²) < 4.78 is 12.2. The van der Waals surface area contributed by atoms with Gasteiger partial charge in [0.25, 0.3) is 0 Å². The van der Waals surface area contributed by atoms with Crippen LogP contribution in [-0.2, 0) is 10.2 Å². The first-order valence-corrected chi connectivity index (χ1v) is 9.55. The molecule has 0 spiro atoms. The summed E-state index contributed by atoms with van der Waals surface area (Å²) in [6.07, 6.45) is 4.82. The van der Waals surface area contributed by atoms with E-state index in [1.165, 1.54) is 6.08 Å². The molecule has 0 radical (unpaired) electrons. The Balaban J connectivity index is 1.88. The number of methoxy groups -OCH3 is 2. The van der Waals surface area contributed by atoms with E-state index < -0.39 is 0 Å². The SMILES string of the molecule is COc1ccc(OC)c(/C=C/C(=O)Nc2cc(C(C)(C)C)nn2-c2ccccn2)c1. The molecule has 0 aliphatic heterocycles. The maximum Gasteiger partial charge on any atom is 0.249 e. The number of carbonyl (C=O) groups is 1. The van der Waals surface area contributed by atoms with E-state index >= 15 is 0 Å². The molecule has 1 amide bonds. The number of benzene rings is 1. The standard InChI is InChI=1S/C23H26N4O3/c1-23(2,3)19-15-21(27(26-19)20-8-6-7-13-24-20)25-22(28)12-9-16-14-17(29-4)10-11-18(16)30-5/h6-15H,1-5H3,(H,25,28)/b12-9+. The van der Waals surface area contributed by atoms with Crippen LogP contribution in [0.2, 0.25) is 0 Å². The van der Waals surface area contributed by atoms with E-state index in [2.05, 4.69) is 36.2 Å². The van der Waals surface area contributed by atoms with Gasteiger partial charge in [0, 0.05) is 29.3 Å². The van der Waals surface area contributed by atoms with E-state index in [0.717, 1.165) is 11.3 Å². The molecule has 156 valence electrons. The second-order valence-corrected chi connectivity index (χ2v) is 7.70. The van der Waals surface area contributed by atoms with Crippen molar-refractivity contribution in [2.75, 3.05) is 19.5 Å². The number of nitrogens with zero attached hydrogens (tertiary/aromatic N) is 3. The number of anilines is 1. The minimum Gasteiger partial charge on any atom is -0.497 e. The van der Waals surface area contributed by atoms with Gasteiger partial charge in [0.05, 0.1) is 19.9 Å². The normalized spacial score (nSPS) is 11.5. The Labute approximate surface area is 176 Å². The number of pyridine rings is 1. The fraction of sp³-hybridized carbons (Fsp3) is 0.261. The smallest absolute Gasteiger partial charge is 0.249 e. The van der Waals surface area contributed by atoms with E-state index in [-0.39, 0.29) is 11.3 Å². The van der Waals surface area contributed by atoms with Gasteiger partial charge in [-0.25, -0.2) is 4.98 Å². The summed E-state index contributed by atoms with van der Waals surface area (Å²) in [5.74, 6) is 2.21. The number of ether oxygens (including phenoxy) is 2. The monoisotopic (exact) mass is 406 g/mol. The summed E-state index contributed by atoms with van der Waals surface area (Å²) >= 11 is 0. The highest BCUT2D eigenvalue weighted by molar-refractivity contribution is 6.01. The second kappa shape index (κ2) is 8.82. The van der Waals surface area contributed by atoms with Crippen LogP contribution < -0.4 is 14.8 Å². The van der Waals surface area contributed by atoms with Crippen LogP contribution in [0, 0.1) is 0 Å². The van der Waals surface area contributed by atoms with E-state index in [0.29, 0.717) is 23.1 Å². The van der Waals surface area contributed by atoms with Gasteiger partial charge < -0.3 is 14.8 Å². The minimum absolute atomic E-state index is 0.177. The van der Waals surface area contributed by atoms with Gasteiger partial charge in [-0.3, -0.25) is 4.79 Å². The van der Waals surface area contributed by atoms with Crippen LogP contribution in [0.25, 0.3) is 11.9 Å². The number of rotatable bonds is 6. The molecule has 0 saturated heterocycles. The third-order valence-corrected chi connectivity index (χ3v) is 4.45. The first-order chi connectivity index (χ1) is 14.3. The van der Waals surface area contributed by atoms with E-state index in [9.17, 15) is 4.79 Å². The molecule has 0 aliphatic carbocycles. The van der Waals surface area contributed by atoms with Crippen LogP contribution in [0.5, 0.6) is 11.5 Å². The zero-order valence-electron chi connectivity index (χ0n) is 17.8. The van der Waals surface area contributed by atoms with Gasteiger partial charge in [-0.15, -0.1) is 0 Å².